The van der Waals surface area contributed by atoms with Gasteiger partial charge < -0.3 is 5.32 Å². The van der Waals surface area contributed by atoms with E-state index in [0.717, 1.165) is 18.9 Å². The van der Waals surface area contributed by atoms with Crippen LogP contribution in [0.4, 0.5) is 0 Å². The quantitative estimate of drug-likeness (QED) is 0.782. The van der Waals surface area contributed by atoms with Gasteiger partial charge in [-0.05, 0) is 30.5 Å². The van der Waals surface area contributed by atoms with Gasteiger partial charge >= 0.3 is 0 Å². The van der Waals surface area contributed by atoms with Crippen molar-refractivity contribution in [3.8, 4) is 0 Å². The van der Waals surface area contributed by atoms with E-state index in [-0.39, 0.29) is 0 Å². The third-order valence-electron chi connectivity index (χ3n) is 3.22. The van der Waals surface area contributed by atoms with E-state index in [4.69, 9.17) is 0 Å². The molecule has 1 aromatic rings. The van der Waals surface area contributed by atoms with Gasteiger partial charge in [-0.15, -0.1) is 0 Å². The average molecular weight is 202 g/mol. The summed E-state index contributed by atoms with van der Waals surface area (Å²) in [5.74, 6) is 1.54. The summed E-state index contributed by atoms with van der Waals surface area (Å²) in [4.78, 5) is 4.49. The maximum absolute atomic E-state index is 4.49. The fourth-order valence-electron chi connectivity index (χ4n) is 2.10. The lowest BCUT2D eigenvalue weighted by Crippen LogP contribution is -2.24. The largest absolute Gasteiger partial charge is 0.371 e. The molecule has 0 amide bonds. The van der Waals surface area contributed by atoms with Crippen LogP contribution in [0.15, 0.2) is 23.2 Å². The fourth-order valence-corrected chi connectivity index (χ4v) is 2.10. The van der Waals surface area contributed by atoms with Crippen LogP contribution in [0, 0.1) is 13.8 Å². The van der Waals surface area contributed by atoms with Crippen LogP contribution in [0.5, 0.6) is 0 Å². The Labute approximate surface area is 91.4 Å². The highest BCUT2D eigenvalue weighted by atomic mass is 15.1. The topological polar surface area (TPSA) is 24.4 Å². The predicted octanol–water partition coefficient (Wildman–Crippen LogP) is 2.41. The molecule has 2 nitrogen and oxygen atoms in total. The summed E-state index contributed by atoms with van der Waals surface area (Å²) in [5, 5.41) is 3.35. The average Bonchev–Trinajstić information content (AvgIpc) is 2.74. The number of nitrogens with one attached hydrogen (secondary N) is 1. The van der Waals surface area contributed by atoms with E-state index in [2.05, 4.69) is 49.3 Å². The second-order valence-electron chi connectivity index (χ2n) is 4.20. The zero-order valence-electron chi connectivity index (χ0n) is 9.67. The molecule has 1 aromatic carbocycles. The Morgan fingerprint density at radius 3 is 2.80 bits per heavy atom. The Morgan fingerprint density at radius 1 is 1.33 bits per heavy atom. The van der Waals surface area contributed by atoms with Crippen molar-refractivity contribution in [2.24, 2.45) is 4.99 Å². The molecule has 1 aliphatic rings. The minimum atomic E-state index is 0.396. The molecule has 0 radical (unpaired) electrons. The first-order valence-electron chi connectivity index (χ1n) is 5.54. The number of amidine groups is 1. The number of hydrogen-bond donors (Lipinski definition) is 1. The molecule has 0 fully saturated rings. The summed E-state index contributed by atoms with van der Waals surface area (Å²) in [7, 11) is 0. The van der Waals surface area contributed by atoms with Crippen LogP contribution in [-0.4, -0.2) is 18.9 Å². The molecule has 1 aliphatic heterocycles. The monoisotopic (exact) mass is 202 g/mol. The smallest absolute Gasteiger partial charge is 0.104 e. The van der Waals surface area contributed by atoms with Crippen LogP contribution in [0.3, 0.4) is 0 Å². The second kappa shape index (κ2) is 4.05. The molecule has 80 valence electrons. The van der Waals surface area contributed by atoms with Crippen molar-refractivity contribution in [3.05, 3.63) is 34.9 Å². The van der Waals surface area contributed by atoms with Crippen molar-refractivity contribution in [2.45, 2.75) is 26.7 Å². The van der Waals surface area contributed by atoms with Crippen LogP contribution in [0.1, 0.15) is 29.5 Å². The van der Waals surface area contributed by atoms with Crippen LogP contribution in [0.2, 0.25) is 0 Å². The highest BCUT2D eigenvalue weighted by Gasteiger charge is 2.17. The maximum atomic E-state index is 4.49. The molecule has 0 spiro atoms. The molecule has 2 rings (SSSR count). The molecule has 0 unspecified atom stereocenters. The van der Waals surface area contributed by atoms with Gasteiger partial charge in [-0.3, -0.25) is 4.99 Å². The Kier molecular flexibility index (Phi) is 2.76. The molecule has 0 aromatic heterocycles. The van der Waals surface area contributed by atoms with Crippen LogP contribution in [-0.2, 0) is 0 Å². The molecule has 1 N–H and O–H groups in total. The molecule has 0 saturated carbocycles. The van der Waals surface area contributed by atoms with Crippen LogP contribution >= 0.6 is 0 Å². The first kappa shape index (κ1) is 10.2. The van der Waals surface area contributed by atoms with Crippen LogP contribution < -0.4 is 5.32 Å². The summed E-state index contributed by atoms with van der Waals surface area (Å²) < 4.78 is 0. The highest BCUT2D eigenvalue weighted by molar-refractivity contribution is 5.90. The minimum Gasteiger partial charge on any atom is -0.371 e. The van der Waals surface area contributed by atoms with Crippen molar-refractivity contribution >= 4 is 5.84 Å². The summed E-state index contributed by atoms with van der Waals surface area (Å²) in [6.07, 6.45) is 0. The lowest BCUT2D eigenvalue weighted by molar-refractivity contribution is 0.912. The Balaban J connectivity index is 2.32. The number of benzene rings is 1. The zero-order chi connectivity index (χ0) is 10.8. The van der Waals surface area contributed by atoms with E-state index < -0.39 is 0 Å². The van der Waals surface area contributed by atoms with Gasteiger partial charge in [-0.1, -0.05) is 25.1 Å². The molecular formula is C13H18N2. The van der Waals surface area contributed by atoms with Gasteiger partial charge in [-0.25, -0.2) is 0 Å². The normalized spacial score (nSPS) is 17.1. The minimum absolute atomic E-state index is 0.396. The van der Waals surface area contributed by atoms with Crippen molar-refractivity contribution in [2.75, 3.05) is 13.1 Å². The van der Waals surface area contributed by atoms with Gasteiger partial charge in [0.1, 0.15) is 5.84 Å². The number of rotatable bonds is 2. The van der Waals surface area contributed by atoms with Gasteiger partial charge in [0.2, 0.25) is 0 Å². The third-order valence-corrected chi connectivity index (χ3v) is 3.22. The molecule has 1 atom stereocenters. The first-order chi connectivity index (χ1) is 7.20. The number of nitrogens with zero attached hydrogens (tertiary/aromatic N) is 1. The molecular weight excluding hydrogens is 184 g/mol. The van der Waals surface area contributed by atoms with E-state index in [1.54, 1.807) is 0 Å². The van der Waals surface area contributed by atoms with Crippen molar-refractivity contribution < 1.29 is 0 Å². The number of aliphatic imine (C=N–C) groups is 1. The van der Waals surface area contributed by atoms with Gasteiger partial charge in [0.25, 0.3) is 0 Å². The lowest BCUT2D eigenvalue weighted by Gasteiger charge is -2.16. The van der Waals surface area contributed by atoms with E-state index in [9.17, 15) is 0 Å². The molecule has 0 saturated heterocycles. The zero-order valence-corrected chi connectivity index (χ0v) is 9.67. The Morgan fingerprint density at radius 2 is 2.13 bits per heavy atom. The molecule has 15 heavy (non-hydrogen) atoms. The van der Waals surface area contributed by atoms with Gasteiger partial charge in [0.15, 0.2) is 0 Å². The fraction of sp³-hybridized carbons (Fsp3) is 0.462. The maximum Gasteiger partial charge on any atom is 0.104 e. The van der Waals surface area contributed by atoms with E-state index in [0.29, 0.717) is 5.92 Å². The SMILES string of the molecule is Cc1cccc([C@H](C)C2=NCCN2)c1C. The van der Waals surface area contributed by atoms with E-state index >= 15 is 0 Å². The first-order valence-corrected chi connectivity index (χ1v) is 5.54. The van der Waals surface area contributed by atoms with Crippen molar-refractivity contribution in [1.82, 2.24) is 5.32 Å². The van der Waals surface area contributed by atoms with Crippen LogP contribution in [0.25, 0.3) is 0 Å². The lowest BCUT2D eigenvalue weighted by atomic mass is 9.93. The summed E-state index contributed by atoms with van der Waals surface area (Å²) >= 11 is 0. The molecule has 0 aliphatic carbocycles. The van der Waals surface area contributed by atoms with E-state index in [1.165, 1.54) is 16.7 Å². The molecule has 1 heterocycles. The highest BCUT2D eigenvalue weighted by Crippen LogP contribution is 2.23. The summed E-state index contributed by atoms with van der Waals surface area (Å²) in [6.45, 7) is 8.49. The second-order valence-corrected chi connectivity index (χ2v) is 4.20. The summed E-state index contributed by atoms with van der Waals surface area (Å²) in [5.41, 5.74) is 4.14. The predicted molar refractivity (Wildman–Crippen MR) is 64.6 cm³/mol. The number of aryl methyl sites for hydroxylation is 1. The standard InChI is InChI=1S/C13H18N2/c1-9-5-4-6-12(10(9)2)11(3)13-14-7-8-15-13/h4-6,11H,7-8H2,1-3H3,(H,14,15)/t11-/m0/s1. The van der Waals surface area contributed by atoms with Gasteiger partial charge in [-0.2, -0.15) is 0 Å². The van der Waals surface area contributed by atoms with Gasteiger partial charge in [0.05, 0.1) is 6.54 Å². The van der Waals surface area contributed by atoms with Crippen molar-refractivity contribution in [1.29, 1.82) is 0 Å². The van der Waals surface area contributed by atoms with E-state index in [1.807, 2.05) is 0 Å². The molecule has 2 heteroatoms. The molecule has 0 bridgehead atoms. The summed E-state index contributed by atoms with van der Waals surface area (Å²) in [6, 6.07) is 6.49. The number of hydrogen-bond acceptors (Lipinski definition) is 2. The van der Waals surface area contributed by atoms with Gasteiger partial charge in [0, 0.05) is 12.5 Å². The third kappa shape index (κ3) is 1.89. The Hall–Kier alpha value is -1.31. The van der Waals surface area contributed by atoms with Crippen molar-refractivity contribution in [3.63, 3.8) is 0 Å². The Bertz CT molecular complexity index is 394.